The van der Waals surface area contributed by atoms with Crippen LogP contribution in [-0.2, 0) is 17.1 Å². The number of carbonyl (C=O) groups is 1. The quantitative estimate of drug-likeness (QED) is 0.739. The van der Waals surface area contributed by atoms with E-state index in [2.05, 4.69) is 5.32 Å². The van der Waals surface area contributed by atoms with Gasteiger partial charge < -0.3 is 9.88 Å². The summed E-state index contributed by atoms with van der Waals surface area (Å²) in [6, 6.07) is 11.5. The molecule has 9 heteroatoms. The van der Waals surface area contributed by atoms with E-state index in [-0.39, 0.29) is 10.8 Å². The molecule has 0 aliphatic heterocycles. The molecule has 136 valence electrons. The van der Waals surface area contributed by atoms with Gasteiger partial charge in [-0.05, 0) is 42.5 Å². The van der Waals surface area contributed by atoms with Crippen molar-refractivity contribution in [1.82, 2.24) is 4.57 Å². The standard InChI is InChI=1S/C17H17N3O4S2/c1-19-14-9-6-12(10-15(14)25-17(19)22)18-16(21)11-4-7-13(8-5-11)20(2)26(3,23)24/h4-10H,1-3H3,(H,18,21). The van der Waals surface area contributed by atoms with E-state index in [1.54, 1.807) is 54.1 Å². The Labute approximate surface area is 154 Å². The minimum atomic E-state index is -3.35. The Kier molecular flexibility index (Phi) is 4.59. The molecule has 3 aromatic rings. The Balaban J connectivity index is 1.81. The van der Waals surface area contributed by atoms with Crippen molar-refractivity contribution >= 4 is 48.9 Å². The van der Waals surface area contributed by atoms with E-state index in [0.717, 1.165) is 32.1 Å². The number of benzene rings is 2. The fraction of sp³-hybridized carbons (Fsp3) is 0.176. The molecule has 0 aliphatic rings. The summed E-state index contributed by atoms with van der Waals surface area (Å²) in [5.41, 5.74) is 2.27. The second-order valence-corrected chi connectivity index (χ2v) is 8.85. The number of thiazole rings is 1. The molecule has 2 aromatic carbocycles. The molecule has 0 saturated heterocycles. The average molecular weight is 391 g/mol. The molecular weight excluding hydrogens is 374 g/mol. The zero-order valence-electron chi connectivity index (χ0n) is 14.4. The number of aryl methyl sites for hydroxylation is 1. The summed E-state index contributed by atoms with van der Waals surface area (Å²) in [5.74, 6) is -0.318. The number of nitrogens with zero attached hydrogens (tertiary/aromatic N) is 2. The smallest absolute Gasteiger partial charge is 0.307 e. The third kappa shape index (κ3) is 3.49. The van der Waals surface area contributed by atoms with Crippen molar-refractivity contribution < 1.29 is 13.2 Å². The molecule has 1 amide bonds. The first-order chi connectivity index (χ1) is 12.2. The summed E-state index contributed by atoms with van der Waals surface area (Å²) < 4.78 is 26.6. The minimum absolute atomic E-state index is 0.0611. The van der Waals surface area contributed by atoms with Gasteiger partial charge in [-0.15, -0.1) is 0 Å². The average Bonchev–Trinajstić information content (AvgIpc) is 2.87. The van der Waals surface area contributed by atoms with Gasteiger partial charge in [-0.25, -0.2) is 8.42 Å². The Bertz CT molecular complexity index is 1140. The summed E-state index contributed by atoms with van der Waals surface area (Å²) >= 11 is 1.12. The highest BCUT2D eigenvalue weighted by Gasteiger charge is 2.13. The van der Waals surface area contributed by atoms with Gasteiger partial charge in [0, 0.05) is 25.3 Å². The highest BCUT2D eigenvalue weighted by molar-refractivity contribution is 7.92. The van der Waals surface area contributed by atoms with Gasteiger partial charge in [0.1, 0.15) is 0 Å². The Hall–Kier alpha value is -2.65. The van der Waals surface area contributed by atoms with Crippen LogP contribution >= 0.6 is 11.3 Å². The number of aromatic nitrogens is 1. The van der Waals surface area contributed by atoms with E-state index < -0.39 is 10.0 Å². The number of rotatable bonds is 4. The number of anilines is 2. The maximum Gasteiger partial charge on any atom is 0.307 e. The summed E-state index contributed by atoms with van der Waals surface area (Å²) in [5, 5.41) is 2.78. The van der Waals surface area contributed by atoms with Crippen LogP contribution in [0.25, 0.3) is 10.2 Å². The Morgan fingerprint density at radius 3 is 2.42 bits per heavy atom. The molecule has 0 aliphatic carbocycles. The molecule has 26 heavy (non-hydrogen) atoms. The fourth-order valence-corrected chi connectivity index (χ4v) is 3.85. The maximum atomic E-state index is 12.4. The summed E-state index contributed by atoms with van der Waals surface area (Å²) in [4.78, 5) is 24.0. The predicted octanol–water partition coefficient (Wildman–Crippen LogP) is 2.25. The van der Waals surface area contributed by atoms with Gasteiger partial charge in [0.25, 0.3) is 5.91 Å². The minimum Gasteiger partial charge on any atom is -0.322 e. The van der Waals surface area contributed by atoms with Crippen LogP contribution in [0.2, 0.25) is 0 Å². The second kappa shape index (κ2) is 6.58. The first kappa shape index (κ1) is 18.2. The van der Waals surface area contributed by atoms with Gasteiger partial charge >= 0.3 is 4.87 Å². The van der Waals surface area contributed by atoms with Gasteiger partial charge in [-0.1, -0.05) is 11.3 Å². The van der Waals surface area contributed by atoms with Crippen molar-refractivity contribution in [2.45, 2.75) is 0 Å². The van der Waals surface area contributed by atoms with Gasteiger partial charge in [-0.3, -0.25) is 13.9 Å². The van der Waals surface area contributed by atoms with Crippen LogP contribution in [0.3, 0.4) is 0 Å². The molecule has 0 unspecified atom stereocenters. The van der Waals surface area contributed by atoms with Crippen LogP contribution in [-0.4, -0.2) is 32.2 Å². The largest absolute Gasteiger partial charge is 0.322 e. The van der Waals surface area contributed by atoms with Gasteiger partial charge in [0.05, 0.1) is 22.2 Å². The second-order valence-electron chi connectivity index (χ2n) is 5.84. The van der Waals surface area contributed by atoms with Crippen molar-refractivity contribution in [3.05, 3.63) is 57.7 Å². The summed E-state index contributed by atoms with van der Waals surface area (Å²) in [7, 11) is -0.201. The number of hydrogen-bond acceptors (Lipinski definition) is 5. The highest BCUT2D eigenvalue weighted by atomic mass is 32.2. The molecule has 1 heterocycles. The van der Waals surface area contributed by atoms with Crippen LogP contribution in [0.1, 0.15) is 10.4 Å². The number of fused-ring (bicyclic) bond motifs is 1. The Morgan fingerprint density at radius 2 is 1.81 bits per heavy atom. The monoisotopic (exact) mass is 391 g/mol. The lowest BCUT2D eigenvalue weighted by atomic mass is 10.2. The van der Waals surface area contributed by atoms with E-state index >= 15 is 0 Å². The number of sulfonamides is 1. The normalized spacial score (nSPS) is 11.5. The van der Waals surface area contributed by atoms with Gasteiger partial charge in [0.2, 0.25) is 10.0 Å². The molecule has 0 fully saturated rings. The summed E-state index contributed by atoms with van der Waals surface area (Å²) in [6.07, 6.45) is 1.11. The van der Waals surface area contributed by atoms with E-state index in [9.17, 15) is 18.0 Å². The molecule has 0 bridgehead atoms. The lowest BCUT2D eigenvalue weighted by molar-refractivity contribution is 0.102. The third-order valence-electron chi connectivity index (χ3n) is 4.04. The predicted molar refractivity (Wildman–Crippen MR) is 105 cm³/mol. The molecule has 3 rings (SSSR count). The molecule has 0 saturated carbocycles. The van der Waals surface area contributed by atoms with Crippen LogP contribution in [0, 0.1) is 0 Å². The topological polar surface area (TPSA) is 88.5 Å². The van der Waals surface area contributed by atoms with Crippen molar-refractivity contribution in [2.24, 2.45) is 7.05 Å². The molecule has 1 aromatic heterocycles. The lowest BCUT2D eigenvalue weighted by Crippen LogP contribution is -2.24. The van der Waals surface area contributed by atoms with Crippen molar-refractivity contribution in [3.8, 4) is 0 Å². The lowest BCUT2D eigenvalue weighted by Gasteiger charge is -2.16. The highest BCUT2D eigenvalue weighted by Crippen LogP contribution is 2.22. The summed E-state index contributed by atoms with van der Waals surface area (Å²) in [6.45, 7) is 0. The van der Waals surface area contributed by atoms with Gasteiger partial charge in [0.15, 0.2) is 0 Å². The molecular formula is C17H17N3O4S2. The molecule has 0 radical (unpaired) electrons. The van der Waals surface area contributed by atoms with E-state index in [4.69, 9.17) is 0 Å². The number of nitrogens with one attached hydrogen (secondary N) is 1. The van der Waals surface area contributed by atoms with Crippen molar-refractivity contribution in [3.63, 3.8) is 0 Å². The third-order valence-corrected chi connectivity index (χ3v) is 6.24. The zero-order chi connectivity index (χ0) is 19.1. The van der Waals surface area contributed by atoms with Crippen LogP contribution in [0.4, 0.5) is 11.4 Å². The van der Waals surface area contributed by atoms with Gasteiger partial charge in [-0.2, -0.15) is 0 Å². The Morgan fingerprint density at radius 1 is 1.15 bits per heavy atom. The zero-order valence-corrected chi connectivity index (χ0v) is 16.0. The van der Waals surface area contributed by atoms with E-state index in [1.165, 1.54) is 7.05 Å². The molecule has 1 N–H and O–H groups in total. The molecule has 7 nitrogen and oxygen atoms in total. The SMILES string of the molecule is CN(c1ccc(C(=O)Nc2ccc3c(c2)sc(=O)n3C)cc1)S(C)(=O)=O. The van der Waals surface area contributed by atoms with Crippen LogP contribution < -0.4 is 14.5 Å². The fourth-order valence-electron chi connectivity index (χ4n) is 2.43. The van der Waals surface area contributed by atoms with Crippen LogP contribution in [0.15, 0.2) is 47.3 Å². The first-order valence-corrected chi connectivity index (χ1v) is 10.3. The van der Waals surface area contributed by atoms with E-state index in [0.29, 0.717) is 16.9 Å². The maximum absolute atomic E-state index is 12.4. The van der Waals surface area contributed by atoms with Crippen molar-refractivity contribution in [2.75, 3.05) is 22.9 Å². The first-order valence-electron chi connectivity index (χ1n) is 7.62. The molecule has 0 spiro atoms. The van der Waals surface area contributed by atoms with E-state index in [1.807, 2.05) is 0 Å². The number of hydrogen-bond donors (Lipinski definition) is 1. The van der Waals surface area contributed by atoms with Crippen LogP contribution in [0.5, 0.6) is 0 Å². The molecule has 0 atom stereocenters. The van der Waals surface area contributed by atoms with Crippen molar-refractivity contribution in [1.29, 1.82) is 0 Å². The number of amides is 1. The number of carbonyl (C=O) groups excluding carboxylic acids is 1.